The molecule has 0 aromatic carbocycles. The van der Waals surface area contributed by atoms with Crippen molar-refractivity contribution in [1.29, 1.82) is 0 Å². The zero-order valence-electron chi connectivity index (χ0n) is 77.1. The summed E-state index contributed by atoms with van der Waals surface area (Å²) in [6.45, 7) is 39.2. The number of hydrogen-bond donors (Lipinski definition) is 0. The van der Waals surface area contributed by atoms with Gasteiger partial charge in [0.25, 0.3) is 30.4 Å². The highest BCUT2D eigenvalue weighted by molar-refractivity contribution is 7.88. The Morgan fingerprint density at radius 3 is 0.744 bits per heavy atom. The SMILES string of the molecule is C=C(C)C(=O)OCCCC(=O)OC1C(C)CC2C(=O)OC1C2C.C=C(C)C(=O)OCCCC(=O)OC1C(C)CC2C(=O)OC1C2C.C=C(C)C(=O)OCCCC(=O)OC1CCC2CC1OS2(=O)=O.C=C(C)C(=O)OCCCC(=O)OC1CCC2CC1OS2(=O)=O.C=CC(=O)OCCCC(=O)OC1C(C)CC2C(=O)OC1C2C.C=CC(=O)OCCCC(=O)OC1CCC2CC1OS2(=O)=O. The molecule has 744 valence electrons. The van der Waals surface area contributed by atoms with Crippen LogP contribution in [0.25, 0.3) is 0 Å². The quantitative estimate of drug-likeness (QED) is 0.0186. The van der Waals surface area contributed by atoms with Gasteiger partial charge in [-0.05, 0) is 161 Å². The highest BCUT2D eigenvalue weighted by atomic mass is 32.2. The Hall–Kier alpha value is -9.78. The van der Waals surface area contributed by atoms with E-state index in [0.717, 1.165) is 12.2 Å². The lowest BCUT2D eigenvalue weighted by Crippen LogP contribution is -2.44. The van der Waals surface area contributed by atoms with Crippen molar-refractivity contribution in [3.8, 4) is 0 Å². The van der Waals surface area contributed by atoms with Crippen LogP contribution in [0.4, 0.5) is 0 Å². The lowest BCUT2D eigenvalue weighted by atomic mass is 9.74. The fourth-order valence-electron chi connectivity index (χ4n) is 17.1. The molecule has 0 aromatic rings. The van der Waals surface area contributed by atoms with Crippen molar-refractivity contribution in [1.82, 2.24) is 0 Å². The molecule has 0 spiro atoms. The summed E-state index contributed by atoms with van der Waals surface area (Å²) < 4.78 is 162. The normalized spacial score (nSPS) is 30.8. The van der Waals surface area contributed by atoms with Crippen molar-refractivity contribution < 1.29 is 181 Å². The second-order valence-electron chi connectivity index (χ2n) is 35.4. The second-order valence-corrected chi connectivity index (χ2v) is 40.9. The third-order valence-corrected chi connectivity index (χ3v) is 29.9. The van der Waals surface area contributed by atoms with Crippen LogP contribution in [0.1, 0.15) is 223 Å². The van der Waals surface area contributed by atoms with E-state index < -0.39 is 149 Å². The molecule has 0 radical (unpaired) electrons. The number of esters is 15. The van der Waals surface area contributed by atoms with Crippen molar-refractivity contribution in [3.05, 3.63) is 73.9 Å². The molecule has 6 aliphatic carbocycles. The van der Waals surface area contributed by atoms with E-state index in [1.807, 2.05) is 41.5 Å². The number of fused-ring (bicyclic) bond motifs is 12. The molecule has 133 heavy (non-hydrogen) atoms. The summed E-state index contributed by atoms with van der Waals surface area (Å²) in [6.07, 6.45) is 5.72. The second kappa shape index (κ2) is 51.2. The van der Waals surface area contributed by atoms with Crippen LogP contribution >= 0.6 is 0 Å². The molecule has 6 heterocycles. The molecule has 6 saturated heterocycles. The Morgan fingerprint density at radius 2 is 0.534 bits per heavy atom. The van der Waals surface area contributed by atoms with E-state index in [1.54, 1.807) is 27.7 Å². The number of carbonyl (C=O) groups excluding carboxylic acids is 15. The topological polar surface area (TPSA) is 525 Å². The van der Waals surface area contributed by atoms with Gasteiger partial charge >= 0.3 is 89.5 Å². The Morgan fingerprint density at radius 1 is 0.323 bits per heavy atom. The third kappa shape index (κ3) is 32.8. The Kier molecular flexibility index (Phi) is 42.5. The predicted molar refractivity (Wildman–Crippen MR) is 463 cm³/mol. The van der Waals surface area contributed by atoms with Gasteiger partial charge in [0.15, 0.2) is 0 Å². The first-order valence-electron chi connectivity index (χ1n) is 45.0. The molecule has 24 unspecified atom stereocenters. The average Bonchev–Trinajstić information content (AvgIpc) is 1.58. The van der Waals surface area contributed by atoms with Crippen molar-refractivity contribution in [2.75, 3.05) is 39.6 Å². The minimum Gasteiger partial charge on any atom is -0.463 e. The fourth-order valence-corrected chi connectivity index (χ4v) is 21.8. The highest BCUT2D eigenvalue weighted by Crippen LogP contribution is 2.47. The molecule has 12 bridgehead atoms. The van der Waals surface area contributed by atoms with Crippen molar-refractivity contribution in [2.45, 2.75) is 312 Å². The van der Waals surface area contributed by atoms with Gasteiger partial charge in [0.2, 0.25) is 0 Å². The molecule has 39 nitrogen and oxygen atoms in total. The van der Waals surface area contributed by atoms with Gasteiger partial charge in [0.1, 0.15) is 73.2 Å². The van der Waals surface area contributed by atoms with E-state index in [4.69, 9.17) is 83.6 Å². The fraction of sp³-hybridized carbons (Fsp3) is 0.703. The van der Waals surface area contributed by atoms with E-state index in [0.29, 0.717) is 138 Å². The van der Waals surface area contributed by atoms with E-state index in [1.165, 1.54) is 0 Å². The van der Waals surface area contributed by atoms with Crippen LogP contribution in [-0.4, -0.2) is 243 Å². The maximum Gasteiger partial charge on any atom is 0.333 e. The molecule has 0 aromatic heterocycles. The van der Waals surface area contributed by atoms with Crippen LogP contribution in [0, 0.1) is 53.3 Å². The highest BCUT2D eigenvalue weighted by Gasteiger charge is 2.58. The molecule has 6 aliphatic heterocycles. The summed E-state index contributed by atoms with van der Waals surface area (Å²) in [4.78, 5) is 173. The summed E-state index contributed by atoms with van der Waals surface area (Å²) in [5.74, 6) is -5.60. The largest absolute Gasteiger partial charge is 0.463 e. The summed E-state index contributed by atoms with van der Waals surface area (Å²) in [5.41, 5.74) is 1.27. The number of carbonyl (C=O) groups is 15. The predicted octanol–water partition coefficient (Wildman–Crippen LogP) is 8.50. The minimum atomic E-state index is -3.49. The van der Waals surface area contributed by atoms with Crippen LogP contribution in [0.5, 0.6) is 0 Å². The van der Waals surface area contributed by atoms with Gasteiger partial charge in [0, 0.05) is 90.7 Å². The smallest absolute Gasteiger partial charge is 0.333 e. The number of ether oxygens (including phenoxy) is 15. The maximum atomic E-state index is 12.0. The first-order valence-corrected chi connectivity index (χ1v) is 49.4. The van der Waals surface area contributed by atoms with Crippen LogP contribution in [0.3, 0.4) is 0 Å². The van der Waals surface area contributed by atoms with E-state index in [9.17, 15) is 97.2 Å². The van der Waals surface area contributed by atoms with Crippen LogP contribution in [0.2, 0.25) is 0 Å². The van der Waals surface area contributed by atoms with Crippen LogP contribution in [0.15, 0.2) is 73.9 Å². The molecule has 12 aliphatic rings. The zero-order valence-corrected chi connectivity index (χ0v) is 79.6. The summed E-state index contributed by atoms with van der Waals surface area (Å²) in [7, 11) is -10.5. The van der Waals surface area contributed by atoms with Gasteiger partial charge in [-0.1, -0.05) is 81.0 Å². The lowest BCUT2D eigenvalue weighted by molar-refractivity contribution is -0.166. The molecule has 42 heteroatoms. The molecule has 12 rings (SSSR count). The van der Waals surface area contributed by atoms with Crippen molar-refractivity contribution in [2.24, 2.45) is 53.3 Å². The first kappa shape index (κ1) is 110. The van der Waals surface area contributed by atoms with E-state index in [-0.39, 0.29) is 192 Å². The standard InChI is InChI=1S/2C17H24O6.C16H22O6.2C14H20O7S.C13H18O7S/c2*1-9(2)16(19)21-7-5-6-13(18)22-14-10(3)8-12-11(4)15(14)23-17(12)20;1-4-12(17)20-7-5-6-13(18)21-14-9(2)8-11-10(3)15(14)22-16(11)19;2*1-9(2)14(16)19-7-3-4-13(15)20-11-6-5-10-8-12(11)21-22(10,17)18;1-2-12(14)18-7-3-4-13(15)19-10-6-5-9-8-11(10)20-21(9,16)17/h2*10-12,14-15H,1,5-8H2,2-4H3;4,9-11,14-15H,1,5-8H2,2-3H3;2*10-12H,1,3-8H2,2H3;2,9-11H,1,3-8H2. The molecule has 24 atom stereocenters. The number of rotatable bonds is 36. The van der Waals surface area contributed by atoms with Gasteiger partial charge in [-0.2, -0.15) is 25.3 Å². The van der Waals surface area contributed by atoms with Crippen molar-refractivity contribution >= 4 is 120 Å². The molecule has 0 amide bonds. The van der Waals surface area contributed by atoms with E-state index in [2.05, 4.69) is 39.5 Å². The van der Waals surface area contributed by atoms with Gasteiger partial charge < -0.3 is 71.1 Å². The summed E-state index contributed by atoms with van der Waals surface area (Å²) >= 11 is 0. The third-order valence-electron chi connectivity index (χ3n) is 24.7. The van der Waals surface area contributed by atoms with Crippen LogP contribution in [-0.2, 0) is 186 Å². The average molecular weight is 1940 g/mol. The molecular weight excluding hydrogens is 1810 g/mol. The van der Waals surface area contributed by atoms with Crippen LogP contribution < -0.4 is 0 Å². The Balaban J connectivity index is 0.000000218. The summed E-state index contributed by atoms with van der Waals surface area (Å²) in [6, 6.07) is 0. The number of hydrogen-bond acceptors (Lipinski definition) is 39. The van der Waals surface area contributed by atoms with Gasteiger partial charge in [-0.15, -0.1) is 0 Å². The van der Waals surface area contributed by atoms with Gasteiger partial charge in [-0.3, -0.25) is 55.7 Å². The zero-order chi connectivity index (χ0) is 98.7. The summed E-state index contributed by atoms with van der Waals surface area (Å²) in [5, 5.41) is -1.39. The molecule has 6 saturated carbocycles. The van der Waals surface area contributed by atoms with Gasteiger partial charge in [0.05, 0.1) is 73.1 Å². The van der Waals surface area contributed by atoms with Crippen molar-refractivity contribution in [3.63, 3.8) is 0 Å². The first-order chi connectivity index (χ1) is 62.6. The molecule has 0 N–H and O–H groups in total. The minimum absolute atomic E-state index is 0.0757. The molecular formula is C91H128O39S3. The maximum absolute atomic E-state index is 12.0. The monoisotopic (exact) mass is 1940 g/mol. The lowest BCUT2D eigenvalue weighted by Gasteiger charge is -2.35. The molecule has 12 fully saturated rings. The van der Waals surface area contributed by atoms with E-state index >= 15 is 0 Å². The van der Waals surface area contributed by atoms with Gasteiger partial charge in [-0.25, -0.2) is 28.8 Å². The Labute approximate surface area is 775 Å². The Bertz CT molecular complexity index is 4430.